The molecule has 0 unspecified atom stereocenters. The van der Waals surface area contributed by atoms with Gasteiger partial charge in [0.25, 0.3) is 5.91 Å². The van der Waals surface area contributed by atoms with Gasteiger partial charge in [0.2, 0.25) is 0 Å². The molecule has 4 rings (SSSR count). The molecule has 0 aliphatic heterocycles. The molecule has 4 aromatic rings. The number of nitriles is 1. The topological polar surface area (TPSA) is 104 Å². The number of nitrogens with zero attached hydrogens (tertiary/aromatic N) is 2. The molecule has 38 heavy (non-hydrogen) atoms. The fourth-order valence-corrected chi connectivity index (χ4v) is 4.47. The van der Waals surface area contributed by atoms with Crippen molar-refractivity contribution in [2.75, 3.05) is 7.11 Å². The molecule has 0 aromatic heterocycles. The van der Waals surface area contributed by atoms with Crippen LogP contribution in [0.4, 0.5) is 0 Å². The van der Waals surface area contributed by atoms with Crippen LogP contribution >= 0.6 is 15.9 Å². The molecule has 190 valence electrons. The number of hydrogen-bond acceptors (Lipinski definition) is 6. The van der Waals surface area contributed by atoms with Crippen LogP contribution in [0.2, 0.25) is 0 Å². The smallest absolute Gasteiger partial charge is 0.281 e. The lowest BCUT2D eigenvalue weighted by Gasteiger charge is -2.27. The summed E-state index contributed by atoms with van der Waals surface area (Å²) in [4.78, 5) is 13.2. The molecule has 0 radical (unpaired) electrons. The van der Waals surface area contributed by atoms with Crippen molar-refractivity contribution in [3.63, 3.8) is 0 Å². The van der Waals surface area contributed by atoms with Gasteiger partial charge in [0.1, 0.15) is 6.61 Å². The Kier molecular flexibility index (Phi) is 8.54. The van der Waals surface area contributed by atoms with Crippen LogP contribution in [0.1, 0.15) is 27.8 Å². The monoisotopic (exact) mass is 569 g/mol. The van der Waals surface area contributed by atoms with Crippen LogP contribution in [0.3, 0.4) is 0 Å². The summed E-state index contributed by atoms with van der Waals surface area (Å²) in [7, 11) is 1.51. The van der Waals surface area contributed by atoms with Gasteiger partial charge in [-0.3, -0.25) is 4.79 Å². The number of carbonyl (C=O) groups excluding carboxylic acids is 1. The number of halogens is 1. The van der Waals surface area contributed by atoms with Crippen molar-refractivity contribution in [1.82, 2.24) is 5.43 Å². The first-order valence-corrected chi connectivity index (χ1v) is 12.4. The molecule has 0 heterocycles. The minimum absolute atomic E-state index is 0.180. The van der Waals surface area contributed by atoms with E-state index in [4.69, 9.17) is 9.47 Å². The number of hydrazone groups is 1. The van der Waals surface area contributed by atoms with Crippen molar-refractivity contribution in [2.45, 2.75) is 12.2 Å². The fraction of sp³-hybridized carbons (Fsp3) is 0.100. The highest BCUT2D eigenvalue weighted by Gasteiger charge is 2.39. The van der Waals surface area contributed by atoms with Gasteiger partial charge in [-0.2, -0.15) is 10.4 Å². The van der Waals surface area contributed by atoms with E-state index >= 15 is 0 Å². The molecule has 0 fully saturated rings. The number of benzene rings is 4. The lowest BCUT2D eigenvalue weighted by molar-refractivity contribution is -0.136. The molecule has 0 atom stereocenters. The van der Waals surface area contributed by atoms with Gasteiger partial charge in [-0.15, -0.1) is 0 Å². The molecule has 7 nitrogen and oxygen atoms in total. The van der Waals surface area contributed by atoms with Crippen molar-refractivity contribution >= 4 is 28.1 Å². The highest BCUT2D eigenvalue weighted by Crippen LogP contribution is 2.37. The summed E-state index contributed by atoms with van der Waals surface area (Å²) in [6.07, 6.45) is 1.44. The lowest BCUT2D eigenvalue weighted by atomic mass is 9.85. The van der Waals surface area contributed by atoms with Crippen molar-refractivity contribution in [2.24, 2.45) is 5.10 Å². The fourth-order valence-electron chi connectivity index (χ4n) is 3.89. The second-order valence-corrected chi connectivity index (χ2v) is 9.09. The molecule has 0 aliphatic carbocycles. The molecule has 0 bridgehead atoms. The second kappa shape index (κ2) is 12.2. The number of methoxy groups -OCH3 is 1. The largest absolute Gasteiger partial charge is 0.493 e. The zero-order valence-corrected chi connectivity index (χ0v) is 22.1. The molecule has 8 heteroatoms. The standard InChI is InChI=1S/C30H24BrN3O4/c1-37-27-17-21(16-26(31)28(27)38-20-23-11-9-8-10-22(23)18-32)19-33-34-29(35)30(36,24-12-4-2-5-13-24)25-14-6-3-7-15-25/h2-17,19,36H,20H2,1H3,(H,34,35)/b33-19-. The highest BCUT2D eigenvalue weighted by atomic mass is 79.9. The third-order valence-electron chi connectivity index (χ3n) is 5.85. The Morgan fingerprint density at radius 2 is 1.63 bits per heavy atom. The zero-order valence-electron chi connectivity index (χ0n) is 20.5. The van der Waals surface area contributed by atoms with Gasteiger partial charge in [-0.25, -0.2) is 5.43 Å². The number of amides is 1. The van der Waals surface area contributed by atoms with Gasteiger partial charge in [0, 0.05) is 5.56 Å². The summed E-state index contributed by atoms with van der Waals surface area (Å²) in [5.41, 5.74) is 3.27. The van der Waals surface area contributed by atoms with Gasteiger partial charge in [0.05, 0.1) is 29.4 Å². The quantitative estimate of drug-likeness (QED) is 0.210. The van der Waals surface area contributed by atoms with E-state index in [0.717, 1.165) is 5.56 Å². The summed E-state index contributed by atoms with van der Waals surface area (Å²) >= 11 is 3.50. The number of hydrogen-bond donors (Lipinski definition) is 2. The summed E-state index contributed by atoms with van der Waals surface area (Å²) < 4.78 is 12.1. The minimum Gasteiger partial charge on any atom is -0.493 e. The number of aliphatic hydroxyl groups is 1. The van der Waals surface area contributed by atoms with Crippen molar-refractivity contribution in [3.8, 4) is 17.6 Å². The molecule has 0 spiro atoms. The van der Waals surface area contributed by atoms with Crippen LogP contribution < -0.4 is 14.9 Å². The molecule has 1 amide bonds. The van der Waals surface area contributed by atoms with Crippen LogP contribution in [-0.4, -0.2) is 24.3 Å². The molecule has 0 saturated heterocycles. The lowest BCUT2D eigenvalue weighted by Crippen LogP contribution is -2.43. The van der Waals surface area contributed by atoms with Crippen LogP contribution in [0.5, 0.6) is 11.5 Å². The van der Waals surface area contributed by atoms with E-state index < -0.39 is 11.5 Å². The maximum Gasteiger partial charge on any atom is 0.281 e. The van der Waals surface area contributed by atoms with E-state index in [0.29, 0.717) is 38.2 Å². The summed E-state index contributed by atoms with van der Waals surface area (Å²) in [5, 5.41) is 24.9. The summed E-state index contributed by atoms with van der Waals surface area (Å²) in [5.74, 6) is 0.198. The first-order chi connectivity index (χ1) is 18.5. The maximum atomic E-state index is 13.2. The maximum absolute atomic E-state index is 13.2. The highest BCUT2D eigenvalue weighted by molar-refractivity contribution is 9.10. The van der Waals surface area contributed by atoms with Crippen LogP contribution in [-0.2, 0) is 17.0 Å². The van der Waals surface area contributed by atoms with Crippen LogP contribution in [0.25, 0.3) is 0 Å². The predicted molar refractivity (Wildman–Crippen MR) is 148 cm³/mol. The van der Waals surface area contributed by atoms with Crippen molar-refractivity contribution in [3.05, 3.63) is 129 Å². The van der Waals surface area contributed by atoms with Gasteiger partial charge in [-0.1, -0.05) is 78.9 Å². The van der Waals surface area contributed by atoms with Crippen LogP contribution in [0.15, 0.2) is 107 Å². The number of ether oxygens (including phenoxy) is 2. The molecule has 0 saturated carbocycles. The SMILES string of the molecule is COc1cc(/C=N\NC(=O)C(O)(c2ccccc2)c2ccccc2)cc(Br)c1OCc1ccccc1C#N. The van der Waals surface area contributed by atoms with E-state index in [-0.39, 0.29) is 6.61 Å². The Morgan fingerprint density at radius 1 is 1.03 bits per heavy atom. The van der Waals surface area contributed by atoms with E-state index in [9.17, 15) is 15.2 Å². The Bertz CT molecular complexity index is 1450. The number of nitrogens with one attached hydrogen (secondary N) is 1. The van der Waals surface area contributed by atoms with Gasteiger partial charge in [0.15, 0.2) is 17.1 Å². The Hall–Kier alpha value is -4.45. The number of carbonyl (C=O) groups is 1. The van der Waals surface area contributed by atoms with Gasteiger partial charge in [-0.05, 0) is 50.8 Å². The third kappa shape index (κ3) is 5.75. The molecule has 0 aliphatic rings. The summed E-state index contributed by atoms with van der Waals surface area (Å²) in [6.45, 7) is 0.180. The average molecular weight is 570 g/mol. The summed E-state index contributed by atoms with van der Waals surface area (Å²) in [6, 6.07) is 30.2. The molecule has 4 aromatic carbocycles. The minimum atomic E-state index is -1.93. The van der Waals surface area contributed by atoms with Crippen LogP contribution in [0, 0.1) is 11.3 Å². The Labute approximate surface area is 229 Å². The van der Waals surface area contributed by atoms with E-state index in [1.54, 1.807) is 72.8 Å². The first-order valence-electron chi connectivity index (χ1n) is 11.6. The van der Waals surface area contributed by atoms with E-state index in [1.807, 2.05) is 24.3 Å². The first kappa shape index (κ1) is 26.6. The average Bonchev–Trinajstić information content (AvgIpc) is 2.96. The zero-order chi connectivity index (χ0) is 27.0. The second-order valence-electron chi connectivity index (χ2n) is 8.23. The molecule has 2 N–H and O–H groups in total. The number of rotatable bonds is 9. The predicted octanol–water partition coefficient (Wildman–Crippen LogP) is 5.29. The van der Waals surface area contributed by atoms with Gasteiger partial charge >= 0.3 is 0 Å². The molecular weight excluding hydrogens is 546 g/mol. The third-order valence-corrected chi connectivity index (χ3v) is 6.44. The van der Waals surface area contributed by atoms with Crippen molar-refractivity contribution in [1.29, 1.82) is 5.26 Å². The van der Waals surface area contributed by atoms with E-state index in [2.05, 4.69) is 32.5 Å². The Balaban J connectivity index is 1.53. The van der Waals surface area contributed by atoms with Gasteiger partial charge < -0.3 is 14.6 Å². The van der Waals surface area contributed by atoms with E-state index in [1.165, 1.54) is 13.3 Å². The molecular formula is C30H24BrN3O4. The normalized spacial score (nSPS) is 11.1. The Morgan fingerprint density at radius 3 is 2.24 bits per heavy atom. The van der Waals surface area contributed by atoms with Crippen molar-refractivity contribution < 1.29 is 19.4 Å².